The molecule has 0 spiro atoms. The number of carbonyl (C=O) groups is 1. The zero-order chi connectivity index (χ0) is 11.5. The second-order valence-electron chi connectivity index (χ2n) is 3.41. The van der Waals surface area contributed by atoms with Gasteiger partial charge in [-0.25, -0.2) is 0 Å². The first kappa shape index (κ1) is 11.3. The van der Waals surface area contributed by atoms with Crippen molar-refractivity contribution in [3.05, 3.63) is 40.5 Å². The molecule has 3 nitrogen and oxygen atoms in total. The summed E-state index contributed by atoms with van der Waals surface area (Å²) < 4.78 is 5.19. The fourth-order valence-electron chi connectivity index (χ4n) is 1.33. The summed E-state index contributed by atoms with van der Waals surface area (Å²) in [5, 5.41) is 1.84. The largest absolute Gasteiger partial charge is 0.467 e. The molecule has 2 rings (SSSR count). The summed E-state index contributed by atoms with van der Waals surface area (Å²) in [5.41, 5.74) is 0. The highest BCUT2D eigenvalue weighted by molar-refractivity contribution is 7.80. The van der Waals surface area contributed by atoms with Crippen LogP contribution in [0.25, 0.3) is 0 Å². The molecule has 1 amide bonds. The van der Waals surface area contributed by atoms with Gasteiger partial charge in [0.05, 0.1) is 17.7 Å². The topological polar surface area (TPSA) is 33.5 Å². The molecule has 0 unspecified atom stereocenters. The second-order valence-corrected chi connectivity index (χ2v) is 4.84. The summed E-state index contributed by atoms with van der Waals surface area (Å²) in [7, 11) is 1.75. The first-order valence-corrected chi connectivity index (χ1v) is 6.05. The quantitative estimate of drug-likeness (QED) is 0.853. The molecule has 16 heavy (non-hydrogen) atoms. The van der Waals surface area contributed by atoms with Crippen LogP contribution in [0, 0.1) is 0 Å². The number of hydrogen-bond acceptors (Lipinski definition) is 4. The molecule has 0 aliphatic carbocycles. The molecule has 5 heteroatoms. The van der Waals surface area contributed by atoms with Gasteiger partial charge in [0, 0.05) is 17.3 Å². The van der Waals surface area contributed by atoms with E-state index in [1.54, 1.807) is 24.3 Å². The van der Waals surface area contributed by atoms with Gasteiger partial charge in [0.25, 0.3) is 5.91 Å². The molecule has 0 bridgehead atoms. The zero-order valence-electron chi connectivity index (χ0n) is 8.71. The third-order valence-corrected chi connectivity index (χ3v) is 3.47. The van der Waals surface area contributed by atoms with E-state index in [0.29, 0.717) is 11.4 Å². The van der Waals surface area contributed by atoms with E-state index < -0.39 is 0 Å². The van der Waals surface area contributed by atoms with Crippen molar-refractivity contribution in [2.45, 2.75) is 11.4 Å². The highest BCUT2D eigenvalue weighted by Gasteiger charge is 2.14. The smallest absolute Gasteiger partial charge is 0.264 e. The number of thiol groups is 1. The molecule has 84 valence electrons. The van der Waals surface area contributed by atoms with Crippen molar-refractivity contribution in [1.29, 1.82) is 0 Å². The number of rotatable bonds is 3. The molecule has 0 atom stereocenters. The number of amides is 1. The molecule has 2 aromatic heterocycles. The lowest BCUT2D eigenvalue weighted by Crippen LogP contribution is -2.25. The Labute approximate surface area is 103 Å². The Morgan fingerprint density at radius 3 is 3.00 bits per heavy atom. The summed E-state index contributed by atoms with van der Waals surface area (Å²) in [6.45, 7) is 0.478. The molecule has 0 fully saturated rings. The summed E-state index contributed by atoms with van der Waals surface area (Å²) in [6.07, 6.45) is 1.60. The predicted octanol–water partition coefficient (Wildman–Crippen LogP) is 2.90. The van der Waals surface area contributed by atoms with Gasteiger partial charge < -0.3 is 9.32 Å². The molecule has 0 radical (unpaired) electrons. The molecule has 0 aromatic carbocycles. The van der Waals surface area contributed by atoms with Crippen LogP contribution in [0.15, 0.2) is 39.2 Å². The van der Waals surface area contributed by atoms with Crippen LogP contribution >= 0.6 is 24.0 Å². The van der Waals surface area contributed by atoms with Gasteiger partial charge in [0.1, 0.15) is 5.76 Å². The molecule has 0 saturated carbocycles. The van der Waals surface area contributed by atoms with E-state index in [2.05, 4.69) is 12.6 Å². The minimum absolute atomic E-state index is 0.0123. The first-order valence-electron chi connectivity index (χ1n) is 4.72. The Bertz CT molecular complexity index is 476. The molecule has 0 saturated heterocycles. The molecule has 2 aromatic rings. The first-order chi connectivity index (χ1) is 7.66. The number of nitrogens with zero attached hydrogens (tertiary/aromatic N) is 1. The van der Waals surface area contributed by atoms with Crippen molar-refractivity contribution in [3.8, 4) is 0 Å². The highest BCUT2D eigenvalue weighted by Crippen LogP contribution is 2.19. The number of hydrogen-bond donors (Lipinski definition) is 1. The minimum Gasteiger partial charge on any atom is -0.467 e. The van der Waals surface area contributed by atoms with Gasteiger partial charge in [0.2, 0.25) is 0 Å². The van der Waals surface area contributed by atoms with Crippen molar-refractivity contribution in [2.75, 3.05) is 7.05 Å². The monoisotopic (exact) mass is 253 g/mol. The van der Waals surface area contributed by atoms with Crippen LogP contribution in [0.3, 0.4) is 0 Å². The third kappa shape index (κ3) is 2.48. The number of furan rings is 1. The Morgan fingerprint density at radius 1 is 1.62 bits per heavy atom. The molecular formula is C11H11NO2S2. The summed E-state index contributed by atoms with van der Waals surface area (Å²) in [5.74, 6) is 0.764. The van der Waals surface area contributed by atoms with Gasteiger partial charge in [-0.1, -0.05) is 0 Å². The van der Waals surface area contributed by atoms with Crippen LogP contribution in [-0.2, 0) is 6.54 Å². The molecule has 0 N–H and O–H groups in total. The third-order valence-electron chi connectivity index (χ3n) is 2.12. The standard InChI is InChI=1S/C11H11NO2S2/c1-12(6-8-3-2-4-14-8)11(13)10-5-9(15)7-16-10/h2-5,7,15H,6H2,1H3. The highest BCUT2D eigenvalue weighted by atomic mass is 32.1. The van der Waals surface area contributed by atoms with E-state index in [9.17, 15) is 4.79 Å². The van der Waals surface area contributed by atoms with Crippen LogP contribution in [-0.4, -0.2) is 17.9 Å². The summed E-state index contributed by atoms with van der Waals surface area (Å²) in [4.78, 5) is 15.1. The zero-order valence-corrected chi connectivity index (χ0v) is 10.4. The molecule has 0 aliphatic heterocycles. The number of thiophene rings is 1. The van der Waals surface area contributed by atoms with Gasteiger partial charge in [-0.15, -0.1) is 24.0 Å². The van der Waals surface area contributed by atoms with Gasteiger partial charge in [-0.2, -0.15) is 0 Å². The molecule has 0 aliphatic rings. The van der Waals surface area contributed by atoms with Gasteiger partial charge in [0.15, 0.2) is 0 Å². The Kier molecular flexibility index (Phi) is 3.36. The second kappa shape index (κ2) is 4.76. The van der Waals surface area contributed by atoms with Crippen LogP contribution in [0.4, 0.5) is 0 Å². The maximum atomic E-state index is 11.9. The Balaban J connectivity index is 2.05. The average molecular weight is 253 g/mol. The maximum absolute atomic E-state index is 11.9. The molecular weight excluding hydrogens is 242 g/mol. The van der Waals surface area contributed by atoms with Gasteiger partial charge in [-0.05, 0) is 18.2 Å². The number of carbonyl (C=O) groups excluding carboxylic acids is 1. The van der Waals surface area contributed by atoms with Crippen LogP contribution in [0.5, 0.6) is 0 Å². The van der Waals surface area contributed by atoms with Crippen LogP contribution in [0.2, 0.25) is 0 Å². The minimum atomic E-state index is -0.0123. The lowest BCUT2D eigenvalue weighted by atomic mass is 10.3. The van der Waals surface area contributed by atoms with Crippen molar-refractivity contribution in [1.82, 2.24) is 4.90 Å². The van der Waals surface area contributed by atoms with Crippen molar-refractivity contribution >= 4 is 29.9 Å². The van der Waals surface area contributed by atoms with Gasteiger partial charge in [-0.3, -0.25) is 4.79 Å². The maximum Gasteiger partial charge on any atom is 0.264 e. The predicted molar refractivity (Wildman–Crippen MR) is 66.1 cm³/mol. The van der Waals surface area contributed by atoms with Crippen molar-refractivity contribution in [3.63, 3.8) is 0 Å². The van der Waals surface area contributed by atoms with E-state index in [1.165, 1.54) is 11.3 Å². The van der Waals surface area contributed by atoms with Crippen molar-refractivity contribution in [2.24, 2.45) is 0 Å². The van der Waals surface area contributed by atoms with Crippen LogP contribution in [0.1, 0.15) is 15.4 Å². The Hall–Kier alpha value is -1.20. The average Bonchev–Trinajstić information content (AvgIpc) is 2.88. The van der Waals surface area contributed by atoms with E-state index in [0.717, 1.165) is 10.7 Å². The molecule has 2 heterocycles. The van der Waals surface area contributed by atoms with Gasteiger partial charge >= 0.3 is 0 Å². The van der Waals surface area contributed by atoms with E-state index in [-0.39, 0.29) is 5.91 Å². The Morgan fingerprint density at radius 2 is 2.44 bits per heavy atom. The van der Waals surface area contributed by atoms with Crippen molar-refractivity contribution < 1.29 is 9.21 Å². The summed E-state index contributed by atoms with van der Waals surface area (Å²) in [6, 6.07) is 5.43. The fourth-order valence-corrected chi connectivity index (χ4v) is 2.48. The lowest BCUT2D eigenvalue weighted by molar-refractivity contribution is 0.0780. The van der Waals surface area contributed by atoms with E-state index >= 15 is 0 Å². The lowest BCUT2D eigenvalue weighted by Gasteiger charge is -2.14. The van der Waals surface area contributed by atoms with Crippen LogP contribution < -0.4 is 0 Å². The van der Waals surface area contributed by atoms with E-state index in [1.807, 2.05) is 17.5 Å². The normalized spacial score (nSPS) is 10.4. The fraction of sp³-hybridized carbons (Fsp3) is 0.182. The summed E-state index contributed by atoms with van der Waals surface area (Å²) >= 11 is 5.58. The van der Waals surface area contributed by atoms with E-state index in [4.69, 9.17) is 4.42 Å². The SMILES string of the molecule is CN(Cc1ccco1)C(=O)c1cc(S)cs1.